The maximum atomic E-state index is 11.3. The number of rotatable bonds is 5. The molecule has 0 bridgehead atoms. The molecule has 7 nitrogen and oxygen atoms in total. The lowest BCUT2D eigenvalue weighted by Crippen LogP contribution is -2.09. The average molecular weight is 375 g/mol. The first-order valence-electron chi connectivity index (χ1n) is 7.68. The maximum absolute atomic E-state index is 11.3. The number of ether oxygens (including phenoxy) is 1. The highest BCUT2D eigenvalue weighted by molar-refractivity contribution is 7.85. The number of aliphatic hydroxyl groups is 1. The van der Waals surface area contributed by atoms with Gasteiger partial charge in [0, 0.05) is 22.8 Å². The molecule has 0 heterocycles. The van der Waals surface area contributed by atoms with Crippen molar-refractivity contribution >= 4 is 32.3 Å². The minimum atomic E-state index is -4.42. The lowest BCUT2D eigenvalue weighted by Gasteiger charge is -2.11. The first-order valence-corrected chi connectivity index (χ1v) is 9.12. The van der Waals surface area contributed by atoms with Gasteiger partial charge in [-0.2, -0.15) is 8.42 Å². The van der Waals surface area contributed by atoms with Gasteiger partial charge in [-0.25, -0.2) is 0 Å². The largest absolute Gasteiger partial charge is 0.507 e. The molecule has 4 N–H and O–H groups in total. The van der Waals surface area contributed by atoms with Gasteiger partial charge in [0.25, 0.3) is 10.1 Å². The third-order valence-corrected chi connectivity index (χ3v) is 4.48. The van der Waals surface area contributed by atoms with Crippen LogP contribution >= 0.6 is 0 Å². The average Bonchev–Trinajstić information content (AvgIpc) is 2.55. The number of aliphatic hydroxyl groups excluding tert-OH is 1. The molecule has 8 heteroatoms. The third-order valence-electron chi connectivity index (χ3n) is 3.65. The number of phenols is 1. The predicted molar refractivity (Wildman–Crippen MR) is 97.5 cm³/mol. The molecule has 0 aliphatic carbocycles. The van der Waals surface area contributed by atoms with Crippen molar-refractivity contribution < 1.29 is 27.9 Å². The number of fused-ring (bicyclic) bond motifs is 1. The van der Waals surface area contributed by atoms with Crippen LogP contribution in [0.1, 0.15) is 6.92 Å². The summed E-state index contributed by atoms with van der Waals surface area (Å²) >= 11 is 0. The monoisotopic (exact) mass is 375 g/mol. The summed E-state index contributed by atoms with van der Waals surface area (Å²) in [5.41, 5.74) is 1.41. The van der Waals surface area contributed by atoms with Crippen molar-refractivity contribution in [3.05, 3.63) is 54.6 Å². The number of nitrogens with one attached hydrogen (secondary N) is 1. The van der Waals surface area contributed by atoms with Gasteiger partial charge in [-0.15, -0.1) is 0 Å². The zero-order chi connectivity index (χ0) is 18.9. The molecule has 0 aliphatic rings. The Morgan fingerprint density at radius 3 is 2.27 bits per heavy atom. The van der Waals surface area contributed by atoms with E-state index in [9.17, 15) is 23.2 Å². The van der Waals surface area contributed by atoms with Gasteiger partial charge in [0.2, 0.25) is 0 Å². The van der Waals surface area contributed by atoms with Crippen molar-refractivity contribution in [1.82, 2.24) is 0 Å². The highest BCUT2D eigenvalue weighted by Crippen LogP contribution is 2.31. The summed E-state index contributed by atoms with van der Waals surface area (Å²) in [5, 5.41) is 23.2. The van der Waals surface area contributed by atoms with E-state index in [2.05, 4.69) is 5.32 Å². The van der Waals surface area contributed by atoms with Gasteiger partial charge in [0.05, 0.1) is 4.90 Å². The Bertz CT molecular complexity index is 1050. The van der Waals surface area contributed by atoms with Crippen molar-refractivity contribution in [2.75, 3.05) is 5.32 Å². The zero-order valence-electron chi connectivity index (χ0n) is 13.7. The van der Waals surface area contributed by atoms with Gasteiger partial charge >= 0.3 is 0 Å². The fraction of sp³-hybridized carbons (Fsp3) is 0.111. The van der Waals surface area contributed by atoms with Crippen LogP contribution in [-0.4, -0.2) is 29.5 Å². The molecule has 0 aliphatic heterocycles. The second-order valence-corrected chi connectivity index (χ2v) is 7.14. The van der Waals surface area contributed by atoms with Crippen LogP contribution < -0.4 is 10.1 Å². The fourth-order valence-corrected chi connectivity index (χ4v) is 3.07. The van der Waals surface area contributed by atoms with E-state index in [1.54, 1.807) is 42.5 Å². The third kappa shape index (κ3) is 4.05. The van der Waals surface area contributed by atoms with E-state index in [1.165, 1.54) is 13.0 Å². The summed E-state index contributed by atoms with van der Waals surface area (Å²) in [5.74, 6) is 0.285. The normalized spacial score (nSPS) is 12.7. The van der Waals surface area contributed by atoms with Crippen LogP contribution in [-0.2, 0) is 10.1 Å². The van der Waals surface area contributed by atoms with Gasteiger partial charge in [-0.3, -0.25) is 4.55 Å². The molecular formula is C18H17NO6S. The molecule has 0 aromatic heterocycles. The van der Waals surface area contributed by atoms with E-state index in [0.717, 1.165) is 11.8 Å². The van der Waals surface area contributed by atoms with Gasteiger partial charge in [-0.1, -0.05) is 0 Å². The second kappa shape index (κ2) is 6.83. The quantitative estimate of drug-likeness (QED) is 0.399. The molecule has 3 aromatic carbocycles. The molecule has 3 aromatic rings. The van der Waals surface area contributed by atoms with Gasteiger partial charge < -0.3 is 20.3 Å². The van der Waals surface area contributed by atoms with Crippen molar-refractivity contribution in [2.45, 2.75) is 18.1 Å². The van der Waals surface area contributed by atoms with Crippen LogP contribution in [0, 0.1) is 0 Å². The number of benzene rings is 3. The van der Waals surface area contributed by atoms with E-state index in [0.29, 0.717) is 22.2 Å². The van der Waals surface area contributed by atoms with E-state index in [-0.39, 0.29) is 10.6 Å². The van der Waals surface area contributed by atoms with Crippen LogP contribution in [0.15, 0.2) is 59.5 Å². The molecule has 1 atom stereocenters. The Balaban J connectivity index is 1.91. The number of anilines is 2. The molecule has 0 saturated carbocycles. The summed E-state index contributed by atoms with van der Waals surface area (Å²) in [6, 6.07) is 14.2. The highest BCUT2D eigenvalue weighted by atomic mass is 32.2. The molecular weight excluding hydrogens is 358 g/mol. The summed E-state index contributed by atoms with van der Waals surface area (Å²) in [4.78, 5) is -0.376. The zero-order valence-corrected chi connectivity index (χ0v) is 14.6. The number of hydrogen-bond acceptors (Lipinski definition) is 6. The Kier molecular flexibility index (Phi) is 4.73. The molecule has 26 heavy (non-hydrogen) atoms. The summed E-state index contributed by atoms with van der Waals surface area (Å²) in [6.07, 6.45) is -0.904. The van der Waals surface area contributed by atoms with E-state index >= 15 is 0 Å². The molecule has 0 saturated heterocycles. The van der Waals surface area contributed by atoms with E-state index in [1.807, 2.05) is 0 Å². The Morgan fingerprint density at radius 1 is 1.00 bits per heavy atom. The number of phenolic OH excluding ortho intramolecular Hbond substituents is 1. The van der Waals surface area contributed by atoms with E-state index < -0.39 is 16.4 Å². The van der Waals surface area contributed by atoms with Gasteiger partial charge in [0.1, 0.15) is 11.5 Å². The molecule has 0 spiro atoms. The van der Waals surface area contributed by atoms with Crippen molar-refractivity contribution in [2.24, 2.45) is 0 Å². The van der Waals surface area contributed by atoms with Crippen LogP contribution in [0.25, 0.3) is 10.8 Å². The van der Waals surface area contributed by atoms with Crippen LogP contribution in [0.2, 0.25) is 0 Å². The molecule has 0 radical (unpaired) electrons. The van der Waals surface area contributed by atoms with Crippen molar-refractivity contribution in [1.29, 1.82) is 0 Å². The Labute approximate surface area is 150 Å². The van der Waals surface area contributed by atoms with Crippen molar-refractivity contribution in [3.63, 3.8) is 0 Å². The van der Waals surface area contributed by atoms with Crippen LogP contribution in [0.3, 0.4) is 0 Å². The first-order chi connectivity index (χ1) is 12.2. The SMILES string of the molecule is CC(O)Oc1ccc(Nc2ccc3c(O)cc(S(=O)(=O)O)cc3c2)cc1. The smallest absolute Gasteiger partial charge is 0.294 e. The Morgan fingerprint density at radius 2 is 1.65 bits per heavy atom. The van der Waals surface area contributed by atoms with Crippen molar-refractivity contribution in [3.8, 4) is 11.5 Å². The lowest BCUT2D eigenvalue weighted by molar-refractivity contribution is -0.000284. The first kappa shape index (κ1) is 18.0. The highest BCUT2D eigenvalue weighted by Gasteiger charge is 2.13. The van der Waals surface area contributed by atoms with Crippen LogP contribution in [0.4, 0.5) is 11.4 Å². The number of aromatic hydroxyl groups is 1. The van der Waals surface area contributed by atoms with E-state index in [4.69, 9.17) is 4.74 Å². The van der Waals surface area contributed by atoms with Gasteiger partial charge in [-0.05, 0) is 60.8 Å². The minimum absolute atomic E-state index is 0.235. The lowest BCUT2D eigenvalue weighted by atomic mass is 10.1. The van der Waals surface area contributed by atoms with Gasteiger partial charge in [0.15, 0.2) is 6.29 Å². The van der Waals surface area contributed by atoms with Crippen LogP contribution in [0.5, 0.6) is 11.5 Å². The summed E-state index contributed by atoms with van der Waals surface area (Å²) in [7, 11) is -4.42. The summed E-state index contributed by atoms with van der Waals surface area (Å²) < 4.78 is 37.0. The number of hydrogen-bond donors (Lipinski definition) is 4. The molecule has 0 fully saturated rings. The predicted octanol–water partition coefficient (Wildman–Crippen LogP) is 3.25. The second-order valence-electron chi connectivity index (χ2n) is 5.72. The Hall–Kier alpha value is -2.81. The molecule has 136 valence electrons. The maximum Gasteiger partial charge on any atom is 0.294 e. The molecule has 3 rings (SSSR count). The summed E-state index contributed by atoms with van der Waals surface area (Å²) in [6.45, 7) is 1.51. The topological polar surface area (TPSA) is 116 Å². The standard InChI is InChI=1S/C18H17NO6S/c1-11(20)25-15-5-2-13(3-6-15)19-14-4-7-17-12(8-14)9-16(10-18(17)21)26(22,23)24/h2-11,19-21H,1H3,(H,22,23,24). The minimum Gasteiger partial charge on any atom is -0.507 e. The molecule has 1 unspecified atom stereocenters. The fourth-order valence-electron chi connectivity index (χ4n) is 2.53. The molecule has 0 amide bonds.